The van der Waals surface area contributed by atoms with E-state index in [1.807, 2.05) is 25.1 Å². The Morgan fingerprint density at radius 2 is 2.13 bits per heavy atom. The summed E-state index contributed by atoms with van der Waals surface area (Å²) < 4.78 is 11.3. The molecule has 6 heteroatoms. The van der Waals surface area contributed by atoms with Crippen LogP contribution < -0.4 is 9.47 Å². The van der Waals surface area contributed by atoms with Crippen LogP contribution in [0.5, 0.6) is 11.5 Å². The predicted octanol–water partition coefficient (Wildman–Crippen LogP) is 3.17. The van der Waals surface area contributed by atoms with Gasteiger partial charge in [0.2, 0.25) is 0 Å². The SMILES string of the molecule is CCN(Cc1cccc2c1OCCO2)C(=O)c1cc(Cl)ccn1. The van der Waals surface area contributed by atoms with Gasteiger partial charge in [0.25, 0.3) is 5.91 Å². The molecule has 0 N–H and O–H groups in total. The molecule has 0 radical (unpaired) electrons. The molecule has 1 aliphatic rings. The smallest absolute Gasteiger partial charge is 0.272 e. The molecule has 1 aliphatic heterocycles. The second-order valence-corrected chi connectivity index (χ2v) is 5.56. The van der Waals surface area contributed by atoms with Gasteiger partial charge in [0, 0.05) is 29.9 Å². The van der Waals surface area contributed by atoms with Crippen molar-refractivity contribution in [2.24, 2.45) is 0 Å². The van der Waals surface area contributed by atoms with E-state index in [2.05, 4.69) is 4.98 Å². The monoisotopic (exact) mass is 332 g/mol. The maximum absolute atomic E-state index is 12.6. The number of nitrogens with zero attached hydrogens (tertiary/aromatic N) is 2. The van der Waals surface area contributed by atoms with Crippen molar-refractivity contribution >= 4 is 17.5 Å². The largest absolute Gasteiger partial charge is 0.486 e. The maximum atomic E-state index is 12.6. The summed E-state index contributed by atoms with van der Waals surface area (Å²) in [5, 5.41) is 0.494. The molecule has 0 fully saturated rings. The van der Waals surface area contributed by atoms with Crippen molar-refractivity contribution in [3.05, 3.63) is 52.8 Å². The van der Waals surface area contributed by atoms with E-state index in [9.17, 15) is 4.79 Å². The molecule has 0 saturated carbocycles. The lowest BCUT2D eigenvalue weighted by Crippen LogP contribution is -2.31. The average Bonchev–Trinajstić information content (AvgIpc) is 2.59. The van der Waals surface area contributed by atoms with Gasteiger partial charge in [-0.25, -0.2) is 0 Å². The summed E-state index contributed by atoms with van der Waals surface area (Å²) in [7, 11) is 0. The molecule has 0 unspecified atom stereocenters. The van der Waals surface area contributed by atoms with Gasteiger partial charge in [-0.1, -0.05) is 23.7 Å². The summed E-state index contributed by atoms with van der Waals surface area (Å²) >= 11 is 5.94. The summed E-state index contributed by atoms with van der Waals surface area (Å²) in [5.74, 6) is 1.27. The quantitative estimate of drug-likeness (QED) is 0.863. The Morgan fingerprint density at radius 3 is 2.91 bits per heavy atom. The summed E-state index contributed by atoms with van der Waals surface area (Å²) in [6.45, 7) is 3.96. The number of aromatic nitrogens is 1. The molecule has 1 amide bonds. The molecule has 0 aliphatic carbocycles. The Hall–Kier alpha value is -2.27. The standard InChI is InChI=1S/C17H17ClN2O3/c1-2-20(17(21)14-10-13(18)6-7-19-14)11-12-4-3-5-15-16(12)23-9-8-22-15/h3-7,10H,2,8-9,11H2,1H3. The molecule has 0 spiro atoms. The molecular formula is C17H17ClN2O3. The number of amides is 1. The molecule has 1 aromatic heterocycles. The highest BCUT2D eigenvalue weighted by Crippen LogP contribution is 2.34. The third-order valence-corrected chi connectivity index (χ3v) is 3.85. The number of rotatable bonds is 4. The van der Waals surface area contributed by atoms with Crippen molar-refractivity contribution in [2.75, 3.05) is 19.8 Å². The minimum atomic E-state index is -0.163. The number of fused-ring (bicyclic) bond motifs is 1. The molecular weight excluding hydrogens is 316 g/mol. The van der Waals surface area contributed by atoms with E-state index in [4.69, 9.17) is 21.1 Å². The van der Waals surface area contributed by atoms with Crippen LogP contribution in [0.4, 0.5) is 0 Å². The molecule has 0 atom stereocenters. The normalized spacial score (nSPS) is 12.8. The van der Waals surface area contributed by atoms with Crippen LogP contribution in [-0.2, 0) is 6.54 Å². The first-order valence-corrected chi connectivity index (χ1v) is 7.85. The molecule has 1 aromatic carbocycles. The number of benzene rings is 1. The molecule has 0 saturated heterocycles. The van der Waals surface area contributed by atoms with Crippen LogP contribution in [0.2, 0.25) is 5.02 Å². The van der Waals surface area contributed by atoms with Gasteiger partial charge in [-0.15, -0.1) is 0 Å². The molecule has 3 rings (SSSR count). The van der Waals surface area contributed by atoms with Crippen LogP contribution in [-0.4, -0.2) is 35.5 Å². The number of pyridine rings is 1. The lowest BCUT2D eigenvalue weighted by molar-refractivity contribution is 0.0743. The highest BCUT2D eigenvalue weighted by molar-refractivity contribution is 6.30. The number of carbonyl (C=O) groups is 1. The Kier molecular flexibility index (Phi) is 4.67. The van der Waals surface area contributed by atoms with Crippen molar-refractivity contribution in [1.29, 1.82) is 0 Å². The van der Waals surface area contributed by atoms with Gasteiger partial charge >= 0.3 is 0 Å². The number of halogens is 1. The number of hydrogen-bond acceptors (Lipinski definition) is 4. The number of hydrogen-bond donors (Lipinski definition) is 0. The summed E-state index contributed by atoms with van der Waals surface area (Å²) in [6.07, 6.45) is 1.53. The zero-order valence-electron chi connectivity index (χ0n) is 12.8. The third kappa shape index (κ3) is 3.40. The third-order valence-electron chi connectivity index (χ3n) is 3.62. The van der Waals surface area contributed by atoms with Crippen molar-refractivity contribution in [2.45, 2.75) is 13.5 Å². The van der Waals surface area contributed by atoms with E-state index in [1.165, 1.54) is 6.20 Å². The van der Waals surface area contributed by atoms with Gasteiger partial charge in [0.05, 0.1) is 0 Å². The van der Waals surface area contributed by atoms with Gasteiger partial charge in [-0.3, -0.25) is 9.78 Å². The molecule has 5 nitrogen and oxygen atoms in total. The van der Waals surface area contributed by atoms with Crippen LogP contribution in [0.1, 0.15) is 23.0 Å². The fraction of sp³-hybridized carbons (Fsp3) is 0.294. The summed E-state index contributed by atoms with van der Waals surface area (Å²) in [5.41, 5.74) is 1.25. The van der Waals surface area contributed by atoms with E-state index in [-0.39, 0.29) is 5.91 Å². The van der Waals surface area contributed by atoms with Crippen LogP contribution in [0.3, 0.4) is 0 Å². The Labute approximate surface area is 139 Å². The fourth-order valence-electron chi connectivity index (χ4n) is 2.48. The zero-order chi connectivity index (χ0) is 16.2. The Bertz CT molecular complexity index is 721. The summed E-state index contributed by atoms with van der Waals surface area (Å²) in [4.78, 5) is 18.4. The molecule has 2 heterocycles. The van der Waals surface area contributed by atoms with Crippen LogP contribution >= 0.6 is 11.6 Å². The van der Waals surface area contributed by atoms with Gasteiger partial charge in [0.15, 0.2) is 11.5 Å². The lowest BCUT2D eigenvalue weighted by Gasteiger charge is -2.25. The highest BCUT2D eigenvalue weighted by atomic mass is 35.5. The lowest BCUT2D eigenvalue weighted by atomic mass is 10.1. The van der Waals surface area contributed by atoms with E-state index >= 15 is 0 Å². The first-order valence-electron chi connectivity index (χ1n) is 7.47. The van der Waals surface area contributed by atoms with Crippen LogP contribution in [0.25, 0.3) is 0 Å². The van der Waals surface area contributed by atoms with Gasteiger partial charge in [0.1, 0.15) is 18.9 Å². The minimum absolute atomic E-state index is 0.163. The van der Waals surface area contributed by atoms with Crippen molar-refractivity contribution in [3.8, 4) is 11.5 Å². The van der Waals surface area contributed by atoms with Gasteiger partial charge in [-0.05, 0) is 25.1 Å². The molecule has 0 bridgehead atoms. The minimum Gasteiger partial charge on any atom is -0.486 e. The van der Waals surface area contributed by atoms with Crippen molar-refractivity contribution < 1.29 is 14.3 Å². The molecule has 120 valence electrons. The Balaban J connectivity index is 1.84. The average molecular weight is 333 g/mol. The molecule has 2 aromatic rings. The molecule has 23 heavy (non-hydrogen) atoms. The van der Waals surface area contributed by atoms with Crippen molar-refractivity contribution in [1.82, 2.24) is 9.88 Å². The predicted molar refractivity (Wildman–Crippen MR) is 87.1 cm³/mol. The second kappa shape index (κ2) is 6.87. The van der Waals surface area contributed by atoms with Crippen LogP contribution in [0.15, 0.2) is 36.5 Å². The van der Waals surface area contributed by atoms with Crippen LogP contribution in [0, 0.1) is 0 Å². The number of para-hydroxylation sites is 1. The fourth-order valence-corrected chi connectivity index (χ4v) is 2.63. The van der Waals surface area contributed by atoms with E-state index in [1.54, 1.807) is 17.0 Å². The second-order valence-electron chi connectivity index (χ2n) is 5.12. The first-order chi connectivity index (χ1) is 11.2. The van der Waals surface area contributed by atoms with Crippen molar-refractivity contribution in [3.63, 3.8) is 0 Å². The van der Waals surface area contributed by atoms with Gasteiger partial charge in [-0.2, -0.15) is 0 Å². The number of ether oxygens (including phenoxy) is 2. The van der Waals surface area contributed by atoms with E-state index in [0.29, 0.717) is 42.8 Å². The van der Waals surface area contributed by atoms with E-state index < -0.39 is 0 Å². The topological polar surface area (TPSA) is 51.7 Å². The highest BCUT2D eigenvalue weighted by Gasteiger charge is 2.21. The summed E-state index contributed by atoms with van der Waals surface area (Å²) in [6, 6.07) is 8.93. The first kappa shape index (κ1) is 15.6. The zero-order valence-corrected chi connectivity index (χ0v) is 13.5. The Morgan fingerprint density at radius 1 is 1.30 bits per heavy atom. The maximum Gasteiger partial charge on any atom is 0.272 e. The van der Waals surface area contributed by atoms with Gasteiger partial charge < -0.3 is 14.4 Å². The number of carbonyl (C=O) groups excluding carboxylic acids is 1. The van der Waals surface area contributed by atoms with E-state index in [0.717, 1.165) is 11.3 Å².